The largest absolute Gasteiger partial charge is 0.351 e. The Balaban J connectivity index is 1.58. The Hall–Kier alpha value is -2.71. The minimum absolute atomic E-state index is 0.121. The molecule has 7 nitrogen and oxygen atoms in total. The number of amides is 2. The third-order valence-corrected chi connectivity index (χ3v) is 7.29. The third kappa shape index (κ3) is 5.33. The number of nitrogens with two attached hydrogens (primary N) is 1. The molecule has 2 heterocycles. The van der Waals surface area contributed by atoms with E-state index in [1.165, 1.54) is 5.56 Å². The van der Waals surface area contributed by atoms with Gasteiger partial charge >= 0.3 is 6.03 Å². The zero-order chi connectivity index (χ0) is 24.5. The highest BCUT2D eigenvalue weighted by Crippen LogP contribution is 2.36. The second-order valence-electron chi connectivity index (χ2n) is 9.67. The average molecular weight is 499 g/mol. The van der Waals surface area contributed by atoms with E-state index >= 15 is 0 Å². The van der Waals surface area contributed by atoms with Gasteiger partial charge in [0.1, 0.15) is 5.82 Å². The van der Waals surface area contributed by atoms with Crippen molar-refractivity contribution in [2.45, 2.75) is 56.9 Å². The van der Waals surface area contributed by atoms with Gasteiger partial charge in [0.05, 0.1) is 5.69 Å². The maximum Gasteiger partial charge on any atom is 0.314 e. The molecule has 0 aliphatic carbocycles. The Labute approximate surface area is 210 Å². The molecule has 0 radical (unpaired) electrons. The summed E-state index contributed by atoms with van der Waals surface area (Å²) in [5.74, 6) is 1.60. The van der Waals surface area contributed by atoms with Crippen LogP contribution in [0.2, 0.25) is 5.02 Å². The monoisotopic (exact) mass is 498 g/mol. The van der Waals surface area contributed by atoms with Gasteiger partial charge < -0.3 is 19.9 Å². The average Bonchev–Trinajstić information content (AvgIpc) is 3.19. The lowest BCUT2D eigenvalue weighted by molar-refractivity contribution is 0.180. The zero-order valence-corrected chi connectivity index (χ0v) is 21.6. The van der Waals surface area contributed by atoms with E-state index in [1.807, 2.05) is 25.1 Å². The molecular weight excluding hydrogens is 468 g/mol. The molecule has 0 atom stereocenters. The topological polar surface area (TPSA) is 89.1 Å². The maximum atomic E-state index is 11.5. The van der Waals surface area contributed by atoms with Gasteiger partial charge in [0, 0.05) is 34.6 Å². The van der Waals surface area contributed by atoms with E-state index in [2.05, 4.69) is 64.5 Å². The number of nitrogens with one attached hydrogen (secondary N) is 1. The van der Waals surface area contributed by atoms with Crippen LogP contribution < -0.4 is 10.5 Å². The molecule has 1 aliphatic rings. The summed E-state index contributed by atoms with van der Waals surface area (Å²) in [7, 11) is 0. The summed E-state index contributed by atoms with van der Waals surface area (Å²) in [6.45, 7) is 9.84. The Bertz CT molecular complexity index is 1160. The van der Waals surface area contributed by atoms with Crippen LogP contribution in [0.1, 0.15) is 51.0 Å². The van der Waals surface area contributed by atoms with E-state index in [4.69, 9.17) is 17.3 Å². The molecular formula is C25H31ClN6OS. The number of halogens is 1. The predicted octanol–water partition coefficient (Wildman–Crippen LogP) is 6.04. The van der Waals surface area contributed by atoms with Crippen LogP contribution >= 0.6 is 23.5 Å². The number of urea groups is 1. The fourth-order valence-electron chi connectivity index (χ4n) is 4.26. The number of anilines is 1. The molecule has 34 heavy (non-hydrogen) atoms. The molecule has 2 amide bonds. The molecule has 0 spiro atoms. The van der Waals surface area contributed by atoms with Gasteiger partial charge in [-0.3, -0.25) is 0 Å². The van der Waals surface area contributed by atoms with Crippen LogP contribution in [0.5, 0.6) is 0 Å². The van der Waals surface area contributed by atoms with E-state index in [0.29, 0.717) is 18.1 Å². The first-order valence-electron chi connectivity index (χ1n) is 11.4. The first kappa shape index (κ1) is 24.4. The number of aromatic nitrogens is 3. The van der Waals surface area contributed by atoms with Crippen LogP contribution in [-0.4, -0.2) is 38.8 Å². The van der Waals surface area contributed by atoms with Crippen molar-refractivity contribution in [1.82, 2.24) is 19.7 Å². The number of piperidine rings is 1. The van der Waals surface area contributed by atoms with Crippen LogP contribution in [0.3, 0.4) is 0 Å². The summed E-state index contributed by atoms with van der Waals surface area (Å²) in [6.07, 6.45) is 1.60. The summed E-state index contributed by atoms with van der Waals surface area (Å²) in [6, 6.07) is 14.2. The Kier molecular flexibility index (Phi) is 7.09. The first-order chi connectivity index (χ1) is 16.1. The summed E-state index contributed by atoms with van der Waals surface area (Å²) < 4.78 is 5.65. The first-order valence-corrected chi connectivity index (χ1v) is 12.6. The van der Waals surface area contributed by atoms with Crippen molar-refractivity contribution in [3.8, 4) is 11.4 Å². The number of rotatable bonds is 5. The number of primary amides is 1. The van der Waals surface area contributed by atoms with Gasteiger partial charge in [-0.25, -0.2) is 4.79 Å². The summed E-state index contributed by atoms with van der Waals surface area (Å²) in [5, 5.41) is 9.52. The zero-order valence-electron chi connectivity index (χ0n) is 20.0. The van der Waals surface area contributed by atoms with Crippen molar-refractivity contribution >= 4 is 35.3 Å². The van der Waals surface area contributed by atoms with Gasteiger partial charge in [0.25, 0.3) is 0 Å². The molecule has 180 valence electrons. The fourth-order valence-corrected chi connectivity index (χ4v) is 5.11. The van der Waals surface area contributed by atoms with Gasteiger partial charge in [-0.05, 0) is 73.0 Å². The van der Waals surface area contributed by atoms with Crippen molar-refractivity contribution < 1.29 is 4.79 Å². The molecule has 3 aromatic rings. The number of hydrogen-bond acceptors (Lipinski definition) is 5. The second kappa shape index (κ2) is 9.88. The molecule has 4 rings (SSSR count). The highest BCUT2D eigenvalue weighted by Gasteiger charge is 2.27. The summed E-state index contributed by atoms with van der Waals surface area (Å²) >= 11 is 7.94. The van der Waals surface area contributed by atoms with E-state index < -0.39 is 0 Å². The lowest BCUT2D eigenvalue weighted by atomic mass is 9.87. The summed E-state index contributed by atoms with van der Waals surface area (Å²) in [4.78, 5) is 14.3. The van der Waals surface area contributed by atoms with Crippen molar-refractivity contribution in [2.24, 2.45) is 5.73 Å². The third-order valence-electron chi connectivity index (χ3n) is 6.23. The minimum atomic E-state index is -0.368. The smallest absolute Gasteiger partial charge is 0.314 e. The van der Waals surface area contributed by atoms with Crippen LogP contribution in [0.15, 0.2) is 47.4 Å². The van der Waals surface area contributed by atoms with Crippen LogP contribution in [0.25, 0.3) is 11.4 Å². The lowest BCUT2D eigenvalue weighted by Crippen LogP contribution is -2.42. The van der Waals surface area contributed by atoms with Crippen molar-refractivity contribution in [1.29, 1.82) is 0 Å². The number of aryl methyl sites for hydroxylation is 1. The maximum absolute atomic E-state index is 11.5. The van der Waals surface area contributed by atoms with Crippen LogP contribution in [-0.2, 0) is 5.41 Å². The van der Waals surface area contributed by atoms with Gasteiger partial charge in [-0.15, -0.1) is 10.2 Å². The Morgan fingerprint density at radius 2 is 1.79 bits per heavy atom. The molecule has 1 aromatic heterocycles. The second-order valence-corrected chi connectivity index (χ2v) is 11.0. The van der Waals surface area contributed by atoms with Crippen molar-refractivity contribution in [3.63, 3.8) is 0 Å². The Morgan fingerprint density at radius 1 is 1.12 bits per heavy atom. The number of hydrogen-bond donors (Lipinski definition) is 2. The molecule has 0 bridgehead atoms. The van der Waals surface area contributed by atoms with E-state index in [1.54, 1.807) is 16.8 Å². The van der Waals surface area contributed by atoms with Gasteiger partial charge in [0.15, 0.2) is 5.82 Å². The minimum Gasteiger partial charge on any atom is -0.351 e. The van der Waals surface area contributed by atoms with E-state index in [-0.39, 0.29) is 17.5 Å². The van der Waals surface area contributed by atoms with Gasteiger partial charge in [-0.1, -0.05) is 44.5 Å². The molecule has 0 saturated carbocycles. The molecule has 0 unspecified atom stereocenters. The lowest BCUT2D eigenvalue weighted by Gasteiger charge is -2.32. The fraction of sp³-hybridized carbons (Fsp3) is 0.400. The van der Waals surface area contributed by atoms with Crippen molar-refractivity contribution in [3.05, 3.63) is 58.9 Å². The van der Waals surface area contributed by atoms with Gasteiger partial charge in [0.2, 0.25) is 0 Å². The van der Waals surface area contributed by atoms with Gasteiger partial charge in [-0.2, -0.15) is 0 Å². The SMILES string of the molecule is Cc1nnc(-c2cc(Cl)ccc2NSc2ccc(C(C)(C)C)cc2)n1C1CCN(C(N)=O)CC1. The highest BCUT2D eigenvalue weighted by molar-refractivity contribution is 8.00. The highest BCUT2D eigenvalue weighted by atomic mass is 35.5. The number of carbonyl (C=O) groups is 1. The molecule has 3 N–H and O–H groups in total. The molecule has 9 heteroatoms. The number of carbonyl (C=O) groups excluding carboxylic acids is 1. The number of nitrogens with zero attached hydrogens (tertiary/aromatic N) is 4. The van der Waals surface area contributed by atoms with Crippen LogP contribution in [0, 0.1) is 6.92 Å². The van der Waals surface area contributed by atoms with Crippen LogP contribution in [0.4, 0.5) is 10.5 Å². The molecule has 1 fully saturated rings. The quantitative estimate of drug-likeness (QED) is 0.418. The van der Waals surface area contributed by atoms with E-state index in [9.17, 15) is 4.79 Å². The normalized spacial score (nSPS) is 14.9. The number of benzene rings is 2. The molecule has 1 aliphatic heterocycles. The predicted molar refractivity (Wildman–Crippen MR) is 139 cm³/mol. The van der Waals surface area contributed by atoms with E-state index in [0.717, 1.165) is 40.6 Å². The standard InChI is InChI=1S/C25H31ClN6OS/c1-16-28-29-23(32(16)19-11-13-31(14-12-19)24(27)33)21-15-18(26)7-10-22(21)30-34-20-8-5-17(6-9-20)25(2,3)4/h5-10,15,19,30H,11-14H2,1-4H3,(H2,27,33). The Morgan fingerprint density at radius 3 is 2.41 bits per heavy atom. The van der Waals surface area contributed by atoms with Crippen molar-refractivity contribution in [2.75, 3.05) is 17.8 Å². The summed E-state index contributed by atoms with van der Waals surface area (Å²) in [5.41, 5.74) is 8.69. The molecule has 2 aromatic carbocycles. The number of likely N-dealkylation sites (tertiary alicyclic amines) is 1. The molecule has 1 saturated heterocycles.